The Hall–Kier alpha value is -4.03. The Bertz CT molecular complexity index is 1590. The lowest BCUT2D eigenvalue weighted by atomic mass is 10.0. The van der Waals surface area contributed by atoms with Gasteiger partial charge >= 0.3 is 11.7 Å². The molecule has 3 aromatic rings. The van der Waals surface area contributed by atoms with E-state index in [9.17, 15) is 27.6 Å². The van der Waals surface area contributed by atoms with Gasteiger partial charge in [-0.15, -0.1) is 0 Å². The van der Waals surface area contributed by atoms with Crippen LogP contribution >= 0.6 is 0 Å². The highest BCUT2D eigenvalue weighted by Gasteiger charge is 2.28. The van der Waals surface area contributed by atoms with Crippen molar-refractivity contribution in [3.05, 3.63) is 91.6 Å². The van der Waals surface area contributed by atoms with E-state index < -0.39 is 45.2 Å². The standard InChI is InChI=1S/C24H24N4O7S/c1-26-21(25)20(22(30)27(2)24(26)32)19(29)14-35-23(31)16-7-9-18(10-8-16)36(33,34)28-12-11-15-5-3-4-6-17(15)13-28/h3-10H,11-14,25H2,1-2H3. The first kappa shape index (κ1) is 25.1. The Labute approximate surface area is 206 Å². The summed E-state index contributed by atoms with van der Waals surface area (Å²) in [7, 11) is -1.28. The molecule has 0 spiro atoms. The number of aromatic nitrogens is 2. The molecule has 2 heterocycles. The van der Waals surface area contributed by atoms with Crippen molar-refractivity contribution in [3.8, 4) is 0 Å². The zero-order chi connectivity index (χ0) is 26.2. The van der Waals surface area contributed by atoms with Gasteiger partial charge in [0.15, 0.2) is 6.61 Å². The molecule has 0 fully saturated rings. The first-order valence-electron chi connectivity index (χ1n) is 10.9. The van der Waals surface area contributed by atoms with Gasteiger partial charge in [-0.2, -0.15) is 4.31 Å². The average Bonchev–Trinajstić information content (AvgIpc) is 2.89. The molecule has 0 radical (unpaired) electrons. The number of ketones is 1. The molecule has 1 aliphatic rings. The highest BCUT2D eigenvalue weighted by Crippen LogP contribution is 2.25. The maximum absolute atomic E-state index is 13.1. The smallest absolute Gasteiger partial charge is 0.338 e. The number of Topliss-reactive ketones (excluding diaryl/α,β-unsaturated/α-hetero) is 1. The third-order valence-electron chi connectivity index (χ3n) is 6.15. The summed E-state index contributed by atoms with van der Waals surface area (Å²) >= 11 is 0. The topological polar surface area (TPSA) is 151 Å². The van der Waals surface area contributed by atoms with Crippen LogP contribution in [0.5, 0.6) is 0 Å². The lowest BCUT2D eigenvalue weighted by molar-refractivity contribution is 0.0474. The van der Waals surface area contributed by atoms with Crippen LogP contribution in [-0.4, -0.2) is 46.8 Å². The van der Waals surface area contributed by atoms with E-state index in [1.54, 1.807) is 0 Å². The molecule has 12 heteroatoms. The number of carbonyl (C=O) groups is 2. The van der Waals surface area contributed by atoms with Gasteiger partial charge in [0.25, 0.3) is 5.56 Å². The van der Waals surface area contributed by atoms with Crippen molar-refractivity contribution in [2.45, 2.75) is 17.9 Å². The Morgan fingerprint density at radius 2 is 1.61 bits per heavy atom. The summed E-state index contributed by atoms with van der Waals surface area (Å²) in [4.78, 5) is 49.2. The Morgan fingerprint density at radius 3 is 2.28 bits per heavy atom. The number of nitrogens with zero attached hydrogens (tertiary/aromatic N) is 3. The van der Waals surface area contributed by atoms with Crippen molar-refractivity contribution in [1.82, 2.24) is 13.4 Å². The molecule has 1 aromatic heterocycles. The van der Waals surface area contributed by atoms with Gasteiger partial charge < -0.3 is 10.5 Å². The van der Waals surface area contributed by atoms with E-state index in [1.807, 2.05) is 24.3 Å². The Kier molecular flexibility index (Phi) is 6.65. The van der Waals surface area contributed by atoms with Crippen molar-refractivity contribution >= 4 is 27.6 Å². The number of benzene rings is 2. The van der Waals surface area contributed by atoms with Crippen molar-refractivity contribution < 1.29 is 22.7 Å². The van der Waals surface area contributed by atoms with Crippen LogP contribution in [0.15, 0.2) is 63.0 Å². The summed E-state index contributed by atoms with van der Waals surface area (Å²) in [6.45, 7) is -0.180. The fraction of sp³-hybridized carbons (Fsp3) is 0.250. The molecule has 2 aromatic carbocycles. The second kappa shape index (κ2) is 9.55. The number of fused-ring (bicyclic) bond motifs is 1. The molecule has 4 rings (SSSR count). The quantitative estimate of drug-likeness (QED) is 0.369. The lowest BCUT2D eigenvalue weighted by Crippen LogP contribution is -2.42. The molecular weight excluding hydrogens is 488 g/mol. The Morgan fingerprint density at radius 1 is 0.972 bits per heavy atom. The molecule has 0 saturated heterocycles. The third-order valence-corrected chi connectivity index (χ3v) is 8.01. The van der Waals surface area contributed by atoms with Gasteiger partial charge in [-0.05, 0) is 41.8 Å². The number of ether oxygens (including phenoxy) is 1. The van der Waals surface area contributed by atoms with E-state index in [-0.39, 0.29) is 22.8 Å². The van der Waals surface area contributed by atoms with E-state index in [2.05, 4.69) is 0 Å². The second-order valence-corrected chi connectivity index (χ2v) is 10.3. The minimum Gasteiger partial charge on any atom is -0.454 e. The van der Waals surface area contributed by atoms with Gasteiger partial charge in [-0.3, -0.25) is 18.7 Å². The summed E-state index contributed by atoms with van der Waals surface area (Å²) in [5, 5.41) is 0. The number of anilines is 1. The molecule has 0 atom stereocenters. The molecule has 0 unspecified atom stereocenters. The highest BCUT2D eigenvalue weighted by molar-refractivity contribution is 7.89. The van der Waals surface area contributed by atoms with Gasteiger partial charge in [0.05, 0.1) is 10.5 Å². The molecule has 2 N–H and O–H groups in total. The first-order valence-corrected chi connectivity index (χ1v) is 12.4. The van der Waals surface area contributed by atoms with Gasteiger partial charge in [0, 0.05) is 27.2 Å². The molecule has 0 saturated carbocycles. The van der Waals surface area contributed by atoms with Crippen LogP contribution in [0.4, 0.5) is 5.82 Å². The van der Waals surface area contributed by atoms with Crippen molar-refractivity contribution in [1.29, 1.82) is 0 Å². The van der Waals surface area contributed by atoms with Crippen LogP contribution in [0, 0.1) is 0 Å². The zero-order valence-electron chi connectivity index (χ0n) is 19.6. The number of esters is 1. The van der Waals surface area contributed by atoms with Crippen LogP contribution < -0.4 is 17.0 Å². The van der Waals surface area contributed by atoms with Crippen LogP contribution in [0.1, 0.15) is 31.8 Å². The van der Waals surface area contributed by atoms with E-state index in [4.69, 9.17) is 10.5 Å². The van der Waals surface area contributed by atoms with E-state index in [0.29, 0.717) is 13.0 Å². The van der Waals surface area contributed by atoms with Crippen LogP contribution in [-0.2, 0) is 41.8 Å². The molecule has 36 heavy (non-hydrogen) atoms. The summed E-state index contributed by atoms with van der Waals surface area (Å²) in [5.41, 5.74) is 5.78. The van der Waals surface area contributed by atoms with Crippen molar-refractivity contribution in [2.24, 2.45) is 14.1 Å². The maximum atomic E-state index is 13.1. The van der Waals surface area contributed by atoms with E-state index in [1.165, 1.54) is 42.7 Å². The first-order chi connectivity index (χ1) is 17.0. The molecule has 1 aliphatic heterocycles. The van der Waals surface area contributed by atoms with Crippen molar-refractivity contribution in [2.75, 3.05) is 18.9 Å². The summed E-state index contributed by atoms with van der Waals surface area (Å²) in [6, 6.07) is 12.8. The van der Waals surface area contributed by atoms with Crippen LogP contribution in [0.25, 0.3) is 0 Å². The number of rotatable bonds is 6. The van der Waals surface area contributed by atoms with E-state index in [0.717, 1.165) is 20.3 Å². The number of nitrogen functional groups attached to an aromatic ring is 1. The summed E-state index contributed by atoms with van der Waals surface area (Å²) in [6.07, 6.45) is 0.608. The lowest BCUT2D eigenvalue weighted by Gasteiger charge is -2.28. The summed E-state index contributed by atoms with van der Waals surface area (Å²) < 4.78 is 34.2. The predicted octanol–water partition coefficient (Wildman–Crippen LogP) is 0.453. The minimum atomic E-state index is -3.78. The molecule has 0 bridgehead atoms. The predicted molar refractivity (Wildman–Crippen MR) is 130 cm³/mol. The molecule has 0 aliphatic carbocycles. The zero-order valence-corrected chi connectivity index (χ0v) is 20.4. The van der Waals surface area contributed by atoms with Gasteiger partial charge in [0.1, 0.15) is 11.4 Å². The third kappa shape index (κ3) is 4.48. The maximum Gasteiger partial charge on any atom is 0.338 e. The average molecular weight is 513 g/mol. The fourth-order valence-electron chi connectivity index (χ4n) is 4.00. The second-order valence-electron chi connectivity index (χ2n) is 8.35. The van der Waals surface area contributed by atoms with Crippen LogP contribution in [0.3, 0.4) is 0 Å². The van der Waals surface area contributed by atoms with Crippen LogP contribution in [0.2, 0.25) is 0 Å². The fourth-order valence-corrected chi connectivity index (χ4v) is 5.41. The normalized spacial score (nSPS) is 13.7. The number of hydrogen-bond acceptors (Lipinski definition) is 8. The molecule has 188 valence electrons. The highest BCUT2D eigenvalue weighted by atomic mass is 32.2. The van der Waals surface area contributed by atoms with Gasteiger partial charge in [-0.1, -0.05) is 24.3 Å². The number of sulfonamides is 1. The largest absolute Gasteiger partial charge is 0.454 e. The van der Waals surface area contributed by atoms with Crippen molar-refractivity contribution in [3.63, 3.8) is 0 Å². The summed E-state index contributed by atoms with van der Waals surface area (Å²) in [5.74, 6) is -2.10. The van der Waals surface area contributed by atoms with Gasteiger partial charge in [0.2, 0.25) is 15.8 Å². The molecule has 11 nitrogen and oxygen atoms in total. The SMILES string of the molecule is Cn1c(N)c(C(=O)COC(=O)c2ccc(S(=O)(=O)N3CCc4ccccc4C3)cc2)c(=O)n(C)c1=O. The monoisotopic (exact) mass is 512 g/mol. The van der Waals surface area contributed by atoms with E-state index >= 15 is 0 Å². The number of nitrogens with two attached hydrogens (primary N) is 1. The van der Waals surface area contributed by atoms with Gasteiger partial charge in [-0.25, -0.2) is 18.0 Å². The Balaban J connectivity index is 1.45. The minimum absolute atomic E-state index is 0.0204. The number of hydrogen-bond donors (Lipinski definition) is 1. The molecular formula is C24H24N4O7S. The molecule has 0 amide bonds. The number of carbonyl (C=O) groups excluding carboxylic acids is 2.